The molecule has 0 aliphatic heterocycles. The van der Waals surface area contributed by atoms with Gasteiger partial charge in [0.1, 0.15) is 0 Å². The molecular formula is C16H15F3IN. The molecule has 0 spiro atoms. The lowest BCUT2D eigenvalue weighted by Crippen LogP contribution is -2.25. The number of hydrogen-bond acceptors (Lipinski definition) is 1. The van der Waals surface area contributed by atoms with Gasteiger partial charge in [0.25, 0.3) is 0 Å². The molecule has 2 aromatic carbocycles. The fourth-order valence-electron chi connectivity index (χ4n) is 2.13. The predicted molar refractivity (Wildman–Crippen MR) is 86.0 cm³/mol. The summed E-state index contributed by atoms with van der Waals surface area (Å²) in [7, 11) is 0. The number of nitrogens with two attached hydrogens (primary N) is 1. The zero-order valence-corrected chi connectivity index (χ0v) is 13.4. The van der Waals surface area contributed by atoms with Gasteiger partial charge in [0.05, 0.1) is 5.56 Å². The van der Waals surface area contributed by atoms with E-state index in [-0.39, 0.29) is 6.04 Å². The van der Waals surface area contributed by atoms with Crippen LogP contribution in [0.3, 0.4) is 0 Å². The summed E-state index contributed by atoms with van der Waals surface area (Å²) in [5, 5.41) is 0. The van der Waals surface area contributed by atoms with Crippen LogP contribution >= 0.6 is 22.6 Å². The lowest BCUT2D eigenvalue weighted by atomic mass is 9.99. The maximum atomic E-state index is 12.5. The van der Waals surface area contributed by atoms with Crippen molar-refractivity contribution >= 4 is 22.6 Å². The molecule has 0 fully saturated rings. The van der Waals surface area contributed by atoms with E-state index in [9.17, 15) is 13.2 Å². The third-order valence-electron chi connectivity index (χ3n) is 3.19. The molecule has 0 saturated heterocycles. The Balaban J connectivity index is 1.96. The van der Waals surface area contributed by atoms with Gasteiger partial charge in [-0.15, -0.1) is 0 Å². The average Bonchev–Trinajstić information content (AvgIpc) is 2.41. The molecule has 0 radical (unpaired) electrons. The van der Waals surface area contributed by atoms with Crippen molar-refractivity contribution in [2.24, 2.45) is 5.73 Å². The van der Waals surface area contributed by atoms with Gasteiger partial charge in [-0.3, -0.25) is 0 Å². The highest BCUT2D eigenvalue weighted by atomic mass is 127. The highest BCUT2D eigenvalue weighted by molar-refractivity contribution is 14.1. The number of halogens is 4. The maximum absolute atomic E-state index is 12.5. The molecule has 1 unspecified atom stereocenters. The van der Waals surface area contributed by atoms with E-state index in [2.05, 4.69) is 22.6 Å². The highest BCUT2D eigenvalue weighted by Gasteiger charge is 2.29. The first kappa shape index (κ1) is 16.3. The predicted octanol–water partition coefficient (Wildman–Crippen LogP) is 4.42. The van der Waals surface area contributed by atoms with Crippen LogP contribution in [0.4, 0.5) is 13.2 Å². The minimum atomic E-state index is -4.29. The first-order valence-corrected chi connectivity index (χ1v) is 7.58. The Morgan fingerprint density at radius 2 is 1.29 bits per heavy atom. The van der Waals surface area contributed by atoms with E-state index in [1.807, 2.05) is 24.3 Å². The molecule has 0 saturated carbocycles. The van der Waals surface area contributed by atoms with E-state index in [4.69, 9.17) is 5.73 Å². The Morgan fingerprint density at radius 1 is 0.857 bits per heavy atom. The molecule has 2 rings (SSSR count). The van der Waals surface area contributed by atoms with Gasteiger partial charge in [0, 0.05) is 9.61 Å². The van der Waals surface area contributed by atoms with Gasteiger partial charge >= 0.3 is 6.18 Å². The van der Waals surface area contributed by atoms with Crippen molar-refractivity contribution in [1.82, 2.24) is 0 Å². The first-order valence-electron chi connectivity index (χ1n) is 6.51. The number of alkyl halides is 3. The second kappa shape index (κ2) is 6.79. The topological polar surface area (TPSA) is 26.0 Å². The molecule has 2 aromatic rings. The number of rotatable bonds is 4. The molecule has 0 aliphatic rings. The van der Waals surface area contributed by atoms with E-state index in [1.54, 1.807) is 0 Å². The normalized spacial score (nSPS) is 13.2. The molecule has 21 heavy (non-hydrogen) atoms. The van der Waals surface area contributed by atoms with Crippen LogP contribution in [0.25, 0.3) is 0 Å². The molecule has 0 heterocycles. The van der Waals surface area contributed by atoms with Crippen LogP contribution in [-0.4, -0.2) is 6.04 Å². The van der Waals surface area contributed by atoms with Crippen molar-refractivity contribution < 1.29 is 13.2 Å². The van der Waals surface area contributed by atoms with Crippen molar-refractivity contribution in [3.05, 3.63) is 68.8 Å². The molecule has 0 amide bonds. The molecule has 0 aliphatic carbocycles. The summed E-state index contributed by atoms with van der Waals surface area (Å²) in [6, 6.07) is 13.2. The zero-order chi connectivity index (χ0) is 15.5. The van der Waals surface area contributed by atoms with Gasteiger partial charge in [0.15, 0.2) is 0 Å². The lowest BCUT2D eigenvalue weighted by Gasteiger charge is -2.13. The molecule has 112 valence electrons. The molecule has 2 N–H and O–H groups in total. The number of benzene rings is 2. The van der Waals surface area contributed by atoms with Crippen LogP contribution < -0.4 is 5.73 Å². The van der Waals surface area contributed by atoms with Gasteiger partial charge in [-0.25, -0.2) is 0 Å². The zero-order valence-electron chi connectivity index (χ0n) is 11.2. The lowest BCUT2D eigenvalue weighted by molar-refractivity contribution is -0.137. The quantitative estimate of drug-likeness (QED) is 0.749. The summed E-state index contributed by atoms with van der Waals surface area (Å²) in [6.07, 6.45) is -3.02. The highest BCUT2D eigenvalue weighted by Crippen LogP contribution is 2.29. The smallest absolute Gasteiger partial charge is 0.327 e. The average molecular weight is 405 g/mol. The summed E-state index contributed by atoms with van der Waals surface area (Å²) < 4.78 is 38.6. The monoisotopic (exact) mass is 405 g/mol. The van der Waals surface area contributed by atoms with Crippen LogP contribution in [0.1, 0.15) is 16.7 Å². The molecule has 1 nitrogen and oxygen atoms in total. The molecular weight excluding hydrogens is 390 g/mol. The third kappa shape index (κ3) is 5.00. The van der Waals surface area contributed by atoms with Gasteiger partial charge in [0.2, 0.25) is 0 Å². The minimum absolute atomic E-state index is 0.109. The second-order valence-corrected chi connectivity index (χ2v) is 6.24. The first-order chi connectivity index (χ1) is 9.84. The van der Waals surface area contributed by atoms with Gasteiger partial charge in [-0.05, 0) is 70.8 Å². The number of hydrogen-bond donors (Lipinski definition) is 1. The van der Waals surface area contributed by atoms with Crippen LogP contribution in [-0.2, 0) is 19.0 Å². The van der Waals surface area contributed by atoms with Crippen LogP contribution in [0.5, 0.6) is 0 Å². The van der Waals surface area contributed by atoms with Crippen molar-refractivity contribution in [2.75, 3.05) is 0 Å². The van der Waals surface area contributed by atoms with Crippen molar-refractivity contribution in [1.29, 1.82) is 0 Å². The summed E-state index contributed by atoms with van der Waals surface area (Å²) in [5.41, 5.74) is 7.40. The Labute approximate surface area is 135 Å². The van der Waals surface area contributed by atoms with E-state index >= 15 is 0 Å². The fraction of sp³-hybridized carbons (Fsp3) is 0.250. The van der Waals surface area contributed by atoms with Crippen LogP contribution in [0.2, 0.25) is 0 Å². The molecule has 5 heteroatoms. The Kier molecular flexibility index (Phi) is 5.27. The van der Waals surface area contributed by atoms with E-state index in [0.717, 1.165) is 26.8 Å². The summed E-state index contributed by atoms with van der Waals surface area (Å²) >= 11 is 2.23. The molecule has 0 bridgehead atoms. The van der Waals surface area contributed by atoms with E-state index in [1.165, 1.54) is 12.1 Å². The Bertz CT molecular complexity index is 576. The second-order valence-electron chi connectivity index (χ2n) is 4.99. The molecule has 1 atom stereocenters. The Morgan fingerprint density at radius 3 is 1.71 bits per heavy atom. The SMILES string of the molecule is NC(Cc1ccc(I)cc1)Cc1ccc(C(F)(F)F)cc1. The summed E-state index contributed by atoms with van der Waals surface area (Å²) in [4.78, 5) is 0. The largest absolute Gasteiger partial charge is 0.416 e. The maximum Gasteiger partial charge on any atom is 0.416 e. The van der Waals surface area contributed by atoms with Crippen molar-refractivity contribution in [3.63, 3.8) is 0 Å². The van der Waals surface area contributed by atoms with Gasteiger partial charge in [-0.2, -0.15) is 13.2 Å². The van der Waals surface area contributed by atoms with E-state index < -0.39 is 11.7 Å². The molecule has 0 aromatic heterocycles. The van der Waals surface area contributed by atoms with E-state index in [0.29, 0.717) is 12.8 Å². The summed E-state index contributed by atoms with van der Waals surface area (Å²) in [5.74, 6) is 0. The van der Waals surface area contributed by atoms with Crippen molar-refractivity contribution in [3.8, 4) is 0 Å². The third-order valence-corrected chi connectivity index (χ3v) is 3.91. The summed E-state index contributed by atoms with van der Waals surface area (Å²) in [6.45, 7) is 0. The van der Waals surface area contributed by atoms with Crippen LogP contribution in [0.15, 0.2) is 48.5 Å². The minimum Gasteiger partial charge on any atom is -0.327 e. The Hall–Kier alpha value is -1.08. The van der Waals surface area contributed by atoms with Gasteiger partial charge < -0.3 is 5.73 Å². The van der Waals surface area contributed by atoms with Gasteiger partial charge in [-0.1, -0.05) is 24.3 Å². The van der Waals surface area contributed by atoms with Crippen LogP contribution in [0, 0.1) is 3.57 Å². The van der Waals surface area contributed by atoms with Crippen molar-refractivity contribution in [2.45, 2.75) is 25.1 Å². The standard InChI is InChI=1S/C16H15F3IN/c17-16(18,19)13-5-1-11(2-6-13)9-15(21)10-12-3-7-14(20)8-4-12/h1-8,15H,9-10,21H2. The fourth-order valence-corrected chi connectivity index (χ4v) is 2.49.